The number of anilines is 1. The maximum atomic E-state index is 13.2. The number of nitrogens with zero attached hydrogens (tertiary/aromatic N) is 4. The van der Waals surface area contributed by atoms with Gasteiger partial charge >= 0.3 is 0 Å². The second-order valence-electron chi connectivity index (χ2n) is 9.41. The number of halogens is 1. The van der Waals surface area contributed by atoms with E-state index < -0.39 is 0 Å². The summed E-state index contributed by atoms with van der Waals surface area (Å²) in [5.41, 5.74) is 3.85. The zero-order valence-electron chi connectivity index (χ0n) is 21.0. The molecule has 1 aliphatic carbocycles. The molecule has 2 aromatic rings. The highest BCUT2D eigenvalue weighted by molar-refractivity contribution is 6.31. The third-order valence-corrected chi connectivity index (χ3v) is 7.65. The minimum absolute atomic E-state index is 0.0932. The maximum absolute atomic E-state index is 13.2. The van der Waals surface area contributed by atoms with Gasteiger partial charge in [-0.25, -0.2) is 0 Å². The normalized spacial score (nSPS) is 18.6. The van der Waals surface area contributed by atoms with Crippen LogP contribution in [-0.4, -0.2) is 52.9 Å². The molecule has 7 nitrogen and oxygen atoms in total. The van der Waals surface area contributed by atoms with E-state index in [0.717, 1.165) is 36.3 Å². The lowest BCUT2D eigenvalue weighted by Crippen LogP contribution is -2.42. The number of rotatable bonds is 7. The van der Waals surface area contributed by atoms with Crippen molar-refractivity contribution < 1.29 is 4.79 Å². The topological polar surface area (TPSA) is 62.5 Å². The van der Waals surface area contributed by atoms with Gasteiger partial charge in [-0.05, 0) is 78.2 Å². The summed E-state index contributed by atoms with van der Waals surface area (Å²) in [6.07, 6.45) is 4.60. The lowest BCUT2D eigenvalue weighted by molar-refractivity contribution is 0.0950. The molecule has 0 radical (unpaired) electrons. The third kappa shape index (κ3) is 5.14. The summed E-state index contributed by atoms with van der Waals surface area (Å²) in [4.78, 5) is 30.3. The van der Waals surface area contributed by atoms with Gasteiger partial charge in [-0.15, -0.1) is 0 Å². The molecular weight excluding hydrogens is 438 g/mol. The van der Waals surface area contributed by atoms with Gasteiger partial charge < -0.3 is 15.1 Å². The Bertz CT molecular complexity index is 1060. The number of nitrogens with one attached hydrogen (secondary N) is 1. The Hall–Kier alpha value is -2.25. The number of aromatic nitrogens is 2. The molecule has 1 aliphatic rings. The van der Waals surface area contributed by atoms with Crippen LogP contribution in [0.5, 0.6) is 0 Å². The van der Waals surface area contributed by atoms with E-state index in [1.165, 1.54) is 12.8 Å². The smallest absolute Gasteiger partial charge is 0.271 e. The van der Waals surface area contributed by atoms with Crippen molar-refractivity contribution in [3.63, 3.8) is 0 Å². The summed E-state index contributed by atoms with van der Waals surface area (Å²) in [5, 5.41) is 3.49. The Labute approximate surface area is 202 Å². The highest BCUT2D eigenvalue weighted by Gasteiger charge is 2.28. The van der Waals surface area contributed by atoms with E-state index in [1.807, 2.05) is 27.0 Å². The quantitative estimate of drug-likeness (QED) is 0.664. The molecule has 1 saturated carbocycles. The molecule has 3 rings (SSSR count). The van der Waals surface area contributed by atoms with E-state index >= 15 is 0 Å². The zero-order valence-corrected chi connectivity index (χ0v) is 21.8. The Morgan fingerprint density at radius 2 is 1.70 bits per heavy atom. The van der Waals surface area contributed by atoms with Crippen LogP contribution in [0.1, 0.15) is 59.8 Å². The molecule has 1 aromatic carbocycles. The van der Waals surface area contributed by atoms with Gasteiger partial charge in [0.15, 0.2) is 0 Å². The maximum Gasteiger partial charge on any atom is 0.271 e. The van der Waals surface area contributed by atoms with Crippen LogP contribution in [0, 0.1) is 13.8 Å². The molecule has 0 unspecified atom stereocenters. The summed E-state index contributed by atoms with van der Waals surface area (Å²) < 4.78 is 3.33. The molecule has 0 spiro atoms. The van der Waals surface area contributed by atoms with Crippen LogP contribution in [0.3, 0.4) is 0 Å². The van der Waals surface area contributed by atoms with Crippen LogP contribution in [-0.2, 0) is 20.6 Å². The largest absolute Gasteiger partial charge is 0.369 e. The molecular formula is C25H38ClN5O2. The highest BCUT2D eigenvalue weighted by Crippen LogP contribution is 2.34. The van der Waals surface area contributed by atoms with E-state index in [2.05, 4.69) is 36.1 Å². The molecule has 182 valence electrons. The Balaban J connectivity index is 1.82. The molecule has 1 N–H and O–H groups in total. The summed E-state index contributed by atoms with van der Waals surface area (Å²) in [7, 11) is 7.86. The van der Waals surface area contributed by atoms with Crippen LogP contribution in [0.2, 0.25) is 5.02 Å². The van der Waals surface area contributed by atoms with Crippen LogP contribution in [0.25, 0.3) is 0 Å². The number of benzene rings is 1. The van der Waals surface area contributed by atoms with E-state index in [9.17, 15) is 9.59 Å². The lowest BCUT2D eigenvalue weighted by atomic mass is 9.89. The molecule has 1 heterocycles. The SMILES string of the molecule is CCN(c1cc(Cl)cc(C(=O)NCc2c(C)n(C)n(C)c2=O)c1C)C1CCC(N(C)C)CC1. The Morgan fingerprint density at radius 3 is 2.21 bits per heavy atom. The molecule has 33 heavy (non-hydrogen) atoms. The molecule has 0 aliphatic heterocycles. The van der Waals surface area contributed by atoms with Crippen molar-refractivity contribution in [1.29, 1.82) is 0 Å². The van der Waals surface area contributed by atoms with Gasteiger partial charge in [0.2, 0.25) is 0 Å². The van der Waals surface area contributed by atoms with Gasteiger partial charge in [0.1, 0.15) is 0 Å². The monoisotopic (exact) mass is 475 g/mol. The van der Waals surface area contributed by atoms with Crippen molar-refractivity contribution in [3.05, 3.63) is 49.9 Å². The van der Waals surface area contributed by atoms with Crippen molar-refractivity contribution in [3.8, 4) is 0 Å². The first-order valence-corrected chi connectivity index (χ1v) is 12.2. The Kier molecular flexibility index (Phi) is 7.96. The summed E-state index contributed by atoms with van der Waals surface area (Å²) in [5.74, 6) is -0.214. The standard InChI is InChI=1S/C25H38ClN5O2/c1-8-31(20-11-9-19(10-12-20)28(4)5)23-14-18(26)13-21(16(23)2)24(32)27-15-22-17(3)29(6)30(7)25(22)33/h13-14,19-20H,8-12,15H2,1-7H3,(H,27,32). The van der Waals surface area contributed by atoms with Crippen molar-refractivity contribution in [1.82, 2.24) is 19.6 Å². The molecule has 8 heteroatoms. The molecule has 1 aromatic heterocycles. The minimum Gasteiger partial charge on any atom is -0.369 e. The van der Waals surface area contributed by atoms with Gasteiger partial charge in [0, 0.05) is 54.7 Å². The predicted molar refractivity (Wildman–Crippen MR) is 136 cm³/mol. The fourth-order valence-electron chi connectivity index (χ4n) is 5.08. The third-order valence-electron chi connectivity index (χ3n) is 7.43. The first-order chi connectivity index (χ1) is 15.6. The first-order valence-electron chi connectivity index (χ1n) is 11.8. The average molecular weight is 476 g/mol. The van der Waals surface area contributed by atoms with Gasteiger partial charge in [-0.3, -0.25) is 19.0 Å². The van der Waals surface area contributed by atoms with Crippen LogP contribution in [0.15, 0.2) is 16.9 Å². The number of carbonyl (C=O) groups is 1. The zero-order chi connectivity index (χ0) is 24.4. The highest BCUT2D eigenvalue weighted by atomic mass is 35.5. The van der Waals surface area contributed by atoms with E-state index in [0.29, 0.717) is 28.2 Å². The predicted octanol–water partition coefficient (Wildman–Crippen LogP) is 3.62. The number of amides is 1. The molecule has 1 amide bonds. The minimum atomic E-state index is -0.214. The first kappa shape index (κ1) is 25.4. The van der Waals surface area contributed by atoms with E-state index in [1.54, 1.807) is 22.5 Å². The average Bonchev–Trinajstić information content (AvgIpc) is 2.97. The summed E-state index contributed by atoms with van der Waals surface area (Å²) in [6, 6.07) is 4.78. The van der Waals surface area contributed by atoms with Crippen LogP contribution >= 0.6 is 11.6 Å². The number of hydrogen-bond acceptors (Lipinski definition) is 4. The van der Waals surface area contributed by atoms with Gasteiger partial charge in [0.25, 0.3) is 11.5 Å². The molecule has 0 atom stereocenters. The van der Waals surface area contributed by atoms with Crippen molar-refractivity contribution in [2.45, 2.75) is 65.1 Å². The fourth-order valence-corrected chi connectivity index (χ4v) is 5.30. The number of hydrogen-bond donors (Lipinski definition) is 1. The van der Waals surface area contributed by atoms with Crippen molar-refractivity contribution >= 4 is 23.2 Å². The second-order valence-corrected chi connectivity index (χ2v) is 9.84. The number of carbonyl (C=O) groups excluding carboxylic acids is 1. The van der Waals surface area contributed by atoms with Crippen LogP contribution in [0.4, 0.5) is 5.69 Å². The second kappa shape index (κ2) is 10.3. The van der Waals surface area contributed by atoms with E-state index in [-0.39, 0.29) is 18.0 Å². The fraction of sp³-hybridized carbons (Fsp3) is 0.600. The lowest BCUT2D eigenvalue weighted by Gasteiger charge is -2.40. The summed E-state index contributed by atoms with van der Waals surface area (Å²) in [6.45, 7) is 7.08. The van der Waals surface area contributed by atoms with Gasteiger partial charge in [0.05, 0.1) is 12.1 Å². The van der Waals surface area contributed by atoms with Crippen molar-refractivity contribution in [2.75, 3.05) is 25.5 Å². The van der Waals surface area contributed by atoms with Gasteiger partial charge in [-0.2, -0.15) is 0 Å². The molecule has 0 bridgehead atoms. The van der Waals surface area contributed by atoms with E-state index in [4.69, 9.17) is 11.6 Å². The van der Waals surface area contributed by atoms with Crippen LogP contribution < -0.4 is 15.8 Å². The molecule has 0 saturated heterocycles. The Morgan fingerprint density at radius 1 is 1.09 bits per heavy atom. The molecule has 1 fully saturated rings. The summed E-state index contributed by atoms with van der Waals surface area (Å²) >= 11 is 6.49. The van der Waals surface area contributed by atoms with Gasteiger partial charge in [-0.1, -0.05) is 11.6 Å². The van der Waals surface area contributed by atoms with Crippen molar-refractivity contribution in [2.24, 2.45) is 14.1 Å².